The summed E-state index contributed by atoms with van der Waals surface area (Å²) in [6.07, 6.45) is 0.0864. The van der Waals surface area contributed by atoms with Gasteiger partial charge in [-0.05, 0) is 73.3 Å². The van der Waals surface area contributed by atoms with Crippen LogP contribution in [-0.2, 0) is 35.2 Å². The molecule has 1 amide bonds. The summed E-state index contributed by atoms with van der Waals surface area (Å²) < 4.78 is 16.2. The molecule has 0 aliphatic heterocycles. The molecular formula is C27H41NO7. The summed E-state index contributed by atoms with van der Waals surface area (Å²) in [6.45, 7) is 12.2. The number of rotatable bonds is 12. The zero-order chi connectivity index (χ0) is 26.7. The van der Waals surface area contributed by atoms with Crippen LogP contribution in [-0.4, -0.2) is 40.6 Å². The number of nitrogens with one attached hydrogen (secondary N) is 1. The summed E-state index contributed by atoms with van der Waals surface area (Å²) >= 11 is 0. The highest BCUT2D eigenvalue weighted by Crippen LogP contribution is 2.28. The van der Waals surface area contributed by atoms with E-state index in [0.717, 1.165) is 5.56 Å². The smallest absolute Gasteiger partial charge is 0.407 e. The summed E-state index contributed by atoms with van der Waals surface area (Å²) in [5, 5.41) is 2.86. The highest BCUT2D eigenvalue weighted by atomic mass is 16.6. The van der Waals surface area contributed by atoms with E-state index in [1.165, 1.54) is 6.92 Å². The Morgan fingerprint density at radius 2 is 1.20 bits per heavy atom. The second kappa shape index (κ2) is 13.3. The van der Waals surface area contributed by atoms with Crippen LogP contribution in [0.3, 0.4) is 0 Å². The molecule has 1 N–H and O–H groups in total. The van der Waals surface area contributed by atoms with Gasteiger partial charge in [0.25, 0.3) is 0 Å². The van der Waals surface area contributed by atoms with Crippen LogP contribution >= 0.6 is 0 Å². The Bertz CT molecular complexity index is 819. The quantitative estimate of drug-likeness (QED) is 0.314. The van der Waals surface area contributed by atoms with Gasteiger partial charge in [0.05, 0.1) is 0 Å². The third-order valence-electron chi connectivity index (χ3n) is 4.99. The summed E-state index contributed by atoms with van der Waals surface area (Å²) in [4.78, 5) is 49.5. The van der Waals surface area contributed by atoms with Crippen LogP contribution < -0.4 is 5.32 Å². The average molecular weight is 492 g/mol. The third-order valence-corrected chi connectivity index (χ3v) is 4.99. The van der Waals surface area contributed by atoms with Gasteiger partial charge in [-0.3, -0.25) is 9.59 Å². The first-order chi connectivity index (χ1) is 16.1. The number of ketones is 1. The van der Waals surface area contributed by atoms with Crippen molar-refractivity contribution in [3.8, 4) is 0 Å². The van der Waals surface area contributed by atoms with Gasteiger partial charge in [-0.2, -0.15) is 0 Å². The minimum atomic E-state index is -1.03. The number of Topliss-reactive ketones (excluding diaryl/α,β-unsaturated/α-hetero) is 1. The first-order valence-electron chi connectivity index (χ1n) is 12.0. The molecule has 0 fully saturated rings. The topological polar surface area (TPSA) is 108 Å². The summed E-state index contributed by atoms with van der Waals surface area (Å²) in [6, 6.07) is 9.22. The number of hydrogen-bond acceptors (Lipinski definition) is 7. The van der Waals surface area contributed by atoms with E-state index >= 15 is 0 Å². The van der Waals surface area contributed by atoms with Crippen LogP contribution in [0.5, 0.6) is 0 Å². The molecule has 196 valence electrons. The minimum absolute atomic E-state index is 0.00244. The van der Waals surface area contributed by atoms with E-state index in [1.54, 1.807) is 41.5 Å². The summed E-state index contributed by atoms with van der Waals surface area (Å²) in [5.74, 6) is -0.925. The van der Waals surface area contributed by atoms with E-state index in [2.05, 4.69) is 5.32 Å². The van der Waals surface area contributed by atoms with Gasteiger partial charge in [0.2, 0.25) is 0 Å². The predicted molar refractivity (Wildman–Crippen MR) is 133 cm³/mol. The van der Waals surface area contributed by atoms with Gasteiger partial charge in [-0.25, -0.2) is 4.79 Å². The molecule has 8 nitrogen and oxygen atoms in total. The van der Waals surface area contributed by atoms with Gasteiger partial charge < -0.3 is 24.3 Å². The van der Waals surface area contributed by atoms with Gasteiger partial charge in [0.1, 0.15) is 23.6 Å². The lowest BCUT2D eigenvalue weighted by Gasteiger charge is -2.35. The number of carbonyl (C=O) groups excluding carboxylic acids is 4. The Hall–Kier alpha value is -2.90. The molecule has 0 saturated carbocycles. The number of esters is 2. The van der Waals surface area contributed by atoms with Gasteiger partial charge >= 0.3 is 18.0 Å². The number of hydrogen-bond donors (Lipinski definition) is 1. The Balaban J connectivity index is 3.04. The van der Waals surface area contributed by atoms with Crippen molar-refractivity contribution in [2.24, 2.45) is 0 Å². The SMILES string of the molecule is CC(=O)CCC(CCC(=O)OC(C)(C)C)(CCC(=O)OC(C)(C)C)NC(=O)OCc1ccccc1. The molecule has 0 radical (unpaired) electrons. The lowest BCUT2D eigenvalue weighted by atomic mass is 9.83. The predicted octanol–water partition coefficient (Wildman–Crippen LogP) is 5.26. The third kappa shape index (κ3) is 14.2. The van der Waals surface area contributed by atoms with Crippen molar-refractivity contribution in [3.05, 3.63) is 35.9 Å². The standard InChI is InChI=1S/C27H41NO7/c1-20(29)13-16-27(17-14-22(30)34-25(2,3)4,18-15-23(31)35-26(5,6)7)28-24(32)33-19-21-11-9-8-10-12-21/h8-12H,13-19H2,1-7H3,(H,28,32). The number of carbonyl (C=O) groups is 4. The largest absolute Gasteiger partial charge is 0.460 e. The molecule has 1 aromatic carbocycles. The molecule has 0 aromatic heterocycles. The van der Waals surface area contributed by atoms with Crippen molar-refractivity contribution >= 4 is 23.8 Å². The van der Waals surface area contributed by atoms with E-state index in [0.29, 0.717) is 0 Å². The van der Waals surface area contributed by atoms with E-state index in [1.807, 2.05) is 30.3 Å². The van der Waals surface area contributed by atoms with Gasteiger partial charge in [-0.1, -0.05) is 30.3 Å². The molecule has 0 aliphatic carbocycles. The summed E-state index contributed by atoms with van der Waals surface area (Å²) in [7, 11) is 0. The maximum absolute atomic E-state index is 12.8. The maximum atomic E-state index is 12.8. The van der Waals surface area contributed by atoms with Crippen molar-refractivity contribution < 1.29 is 33.4 Å². The zero-order valence-electron chi connectivity index (χ0n) is 22.2. The van der Waals surface area contributed by atoms with E-state index in [4.69, 9.17) is 14.2 Å². The Morgan fingerprint density at radius 3 is 1.63 bits per heavy atom. The maximum Gasteiger partial charge on any atom is 0.407 e. The molecule has 0 unspecified atom stereocenters. The van der Waals surface area contributed by atoms with Crippen molar-refractivity contribution in [1.29, 1.82) is 0 Å². The van der Waals surface area contributed by atoms with Crippen LogP contribution in [0, 0.1) is 0 Å². The first kappa shape index (κ1) is 30.1. The zero-order valence-corrected chi connectivity index (χ0v) is 22.2. The van der Waals surface area contributed by atoms with Gasteiger partial charge in [0.15, 0.2) is 0 Å². The Labute approximate surface area is 209 Å². The fourth-order valence-corrected chi connectivity index (χ4v) is 3.42. The van der Waals surface area contributed by atoms with Crippen LogP contribution in [0.4, 0.5) is 4.79 Å². The molecule has 8 heteroatoms. The fraction of sp³-hybridized carbons (Fsp3) is 0.630. The molecule has 1 aromatic rings. The first-order valence-corrected chi connectivity index (χ1v) is 12.0. The number of amides is 1. The number of alkyl carbamates (subject to hydrolysis) is 1. The van der Waals surface area contributed by atoms with Crippen LogP contribution in [0.15, 0.2) is 30.3 Å². The molecule has 35 heavy (non-hydrogen) atoms. The molecule has 0 saturated heterocycles. The molecule has 0 bridgehead atoms. The van der Waals surface area contributed by atoms with Crippen molar-refractivity contribution in [3.63, 3.8) is 0 Å². The highest BCUT2D eigenvalue weighted by Gasteiger charge is 2.35. The fourth-order valence-electron chi connectivity index (χ4n) is 3.42. The van der Waals surface area contributed by atoms with Gasteiger partial charge in [-0.15, -0.1) is 0 Å². The van der Waals surface area contributed by atoms with E-state index in [-0.39, 0.29) is 50.9 Å². The molecule has 0 heterocycles. The van der Waals surface area contributed by atoms with E-state index < -0.39 is 34.8 Å². The molecule has 1 rings (SSSR count). The second-order valence-electron chi connectivity index (χ2n) is 10.8. The Kier molecular flexibility index (Phi) is 11.4. The molecular weight excluding hydrogens is 450 g/mol. The Morgan fingerprint density at radius 1 is 0.743 bits per heavy atom. The normalized spacial score (nSPS) is 12.0. The lowest BCUT2D eigenvalue weighted by Crippen LogP contribution is -2.50. The van der Waals surface area contributed by atoms with Gasteiger partial charge in [0, 0.05) is 24.8 Å². The molecule has 0 atom stereocenters. The second-order valence-corrected chi connectivity index (χ2v) is 10.8. The molecule has 0 aliphatic rings. The average Bonchev–Trinajstić information content (AvgIpc) is 2.71. The van der Waals surface area contributed by atoms with E-state index in [9.17, 15) is 19.2 Å². The monoisotopic (exact) mass is 491 g/mol. The van der Waals surface area contributed by atoms with Crippen LogP contribution in [0.2, 0.25) is 0 Å². The van der Waals surface area contributed by atoms with Crippen molar-refractivity contribution in [1.82, 2.24) is 5.32 Å². The van der Waals surface area contributed by atoms with Crippen LogP contribution in [0.25, 0.3) is 0 Å². The molecule has 0 spiro atoms. The number of ether oxygens (including phenoxy) is 3. The minimum Gasteiger partial charge on any atom is -0.460 e. The summed E-state index contributed by atoms with van der Waals surface area (Å²) in [5.41, 5.74) is -1.53. The highest BCUT2D eigenvalue weighted by molar-refractivity contribution is 5.76. The van der Waals surface area contributed by atoms with Crippen LogP contribution in [0.1, 0.15) is 92.6 Å². The van der Waals surface area contributed by atoms with Crippen molar-refractivity contribution in [2.45, 2.75) is 110 Å². The number of benzene rings is 1. The lowest BCUT2D eigenvalue weighted by molar-refractivity contribution is -0.155. The van der Waals surface area contributed by atoms with Crippen molar-refractivity contribution in [2.75, 3.05) is 0 Å².